The second-order valence-corrected chi connectivity index (χ2v) is 9.98. The molecule has 0 aliphatic rings. The Labute approximate surface area is 220 Å². The predicted octanol–water partition coefficient (Wildman–Crippen LogP) is 4.65. The van der Waals surface area contributed by atoms with Gasteiger partial charge in [0.15, 0.2) is 0 Å². The van der Waals surface area contributed by atoms with Gasteiger partial charge >= 0.3 is 6.01 Å². The number of halogens is 2. The van der Waals surface area contributed by atoms with E-state index in [1.807, 2.05) is 0 Å². The zero-order valence-electron chi connectivity index (χ0n) is 19.8. The summed E-state index contributed by atoms with van der Waals surface area (Å²) >= 11 is 6.16. The molecule has 0 atom stereocenters. The van der Waals surface area contributed by atoms with Crippen LogP contribution >= 0.6 is 11.6 Å². The zero-order chi connectivity index (χ0) is 27.0. The molecule has 3 heterocycles. The van der Waals surface area contributed by atoms with Gasteiger partial charge in [-0.3, -0.25) is 9.36 Å². The van der Waals surface area contributed by atoms with Crippen LogP contribution in [0.5, 0.6) is 11.6 Å². The minimum atomic E-state index is -4.03. The molecular formula is C25H18ClFN4O6S. The summed E-state index contributed by atoms with van der Waals surface area (Å²) in [5.41, 5.74) is 0.474. The van der Waals surface area contributed by atoms with Crippen LogP contribution in [0.3, 0.4) is 0 Å². The number of pyridine rings is 2. The second-order valence-electron chi connectivity index (χ2n) is 7.89. The molecule has 0 fully saturated rings. The van der Waals surface area contributed by atoms with Crippen molar-refractivity contribution in [3.8, 4) is 28.4 Å². The van der Waals surface area contributed by atoms with E-state index in [0.29, 0.717) is 16.5 Å². The first-order chi connectivity index (χ1) is 18.2. The minimum absolute atomic E-state index is 0.0919. The lowest BCUT2D eigenvalue weighted by Crippen LogP contribution is -2.19. The molecule has 5 rings (SSSR count). The molecule has 0 saturated carbocycles. The maximum atomic E-state index is 15.4. The normalized spacial score (nSPS) is 11.5. The fourth-order valence-corrected chi connectivity index (χ4v) is 5.13. The maximum absolute atomic E-state index is 15.4. The Morgan fingerprint density at radius 2 is 1.87 bits per heavy atom. The number of ether oxygens (including phenoxy) is 2. The molecule has 2 aromatic carbocycles. The average Bonchev–Trinajstić information content (AvgIpc) is 3.40. The lowest BCUT2D eigenvalue weighted by Gasteiger charge is -2.16. The number of hydrogen-bond acceptors (Lipinski definition) is 8. The molecule has 0 unspecified atom stereocenters. The minimum Gasteiger partial charge on any atom is -0.495 e. The molecule has 38 heavy (non-hydrogen) atoms. The average molecular weight is 557 g/mol. The molecule has 13 heteroatoms. The van der Waals surface area contributed by atoms with Crippen LogP contribution in [0.4, 0.5) is 10.4 Å². The molecule has 0 spiro atoms. The summed E-state index contributed by atoms with van der Waals surface area (Å²) < 4.78 is 59.9. The molecule has 5 aromatic rings. The van der Waals surface area contributed by atoms with Crippen molar-refractivity contribution in [3.05, 3.63) is 88.4 Å². The lowest BCUT2D eigenvalue weighted by molar-refractivity contribution is 0.398. The van der Waals surface area contributed by atoms with Crippen LogP contribution in [0, 0.1) is 5.82 Å². The van der Waals surface area contributed by atoms with Gasteiger partial charge in [0.05, 0.1) is 36.5 Å². The Bertz CT molecular complexity index is 1840. The van der Waals surface area contributed by atoms with E-state index < -0.39 is 21.4 Å². The van der Waals surface area contributed by atoms with E-state index in [1.54, 1.807) is 0 Å². The number of fused-ring (bicyclic) bond motifs is 1. The molecule has 0 aliphatic heterocycles. The number of benzene rings is 2. The fourth-order valence-electron chi connectivity index (χ4n) is 3.91. The van der Waals surface area contributed by atoms with Gasteiger partial charge in [-0.2, -0.15) is 0 Å². The summed E-state index contributed by atoms with van der Waals surface area (Å²) in [7, 11) is -1.23. The summed E-state index contributed by atoms with van der Waals surface area (Å²) in [4.78, 5) is 20.7. The molecule has 194 valence electrons. The van der Waals surface area contributed by atoms with E-state index in [4.69, 9.17) is 25.5 Å². The van der Waals surface area contributed by atoms with Crippen molar-refractivity contribution in [1.29, 1.82) is 0 Å². The van der Waals surface area contributed by atoms with Crippen molar-refractivity contribution in [2.24, 2.45) is 0 Å². The number of methoxy groups -OCH3 is 2. The number of rotatable bonds is 7. The highest BCUT2D eigenvalue weighted by Gasteiger charge is 2.20. The summed E-state index contributed by atoms with van der Waals surface area (Å²) in [6, 6.07) is 10.7. The standard InChI is InChI=1S/C25H18ClFN4O6S/c1-35-22-11-17(15-10-18(26)24(36-2)29-13-15)19(27)12-21(22)31-20-5-4-16(9-14(20)3-6-23(31)32)38(33,34)30-25-28-7-8-37-25/h3-13H,1-2H3,(H,28,30). The van der Waals surface area contributed by atoms with E-state index in [9.17, 15) is 13.2 Å². The number of sulfonamides is 1. The van der Waals surface area contributed by atoms with Crippen LogP contribution in [0.15, 0.2) is 81.3 Å². The summed E-state index contributed by atoms with van der Waals surface area (Å²) in [6.45, 7) is 0. The van der Waals surface area contributed by atoms with Crippen LogP contribution in [-0.2, 0) is 10.0 Å². The molecule has 3 aromatic heterocycles. The number of nitrogens with zero attached hydrogens (tertiary/aromatic N) is 3. The largest absolute Gasteiger partial charge is 0.495 e. The second kappa shape index (κ2) is 9.80. The zero-order valence-corrected chi connectivity index (χ0v) is 21.4. The van der Waals surface area contributed by atoms with Gasteiger partial charge in [-0.25, -0.2) is 27.5 Å². The Morgan fingerprint density at radius 3 is 2.55 bits per heavy atom. The number of aromatic nitrogens is 3. The van der Waals surface area contributed by atoms with Crippen LogP contribution in [0.2, 0.25) is 5.02 Å². The molecule has 0 amide bonds. The van der Waals surface area contributed by atoms with Crippen molar-refractivity contribution in [2.75, 3.05) is 18.9 Å². The quantitative estimate of drug-likeness (QED) is 0.307. The Morgan fingerprint density at radius 1 is 1.05 bits per heavy atom. The van der Waals surface area contributed by atoms with E-state index in [2.05, 4.69) is 14.7 Å². The van der Waals surface area contributed by atoms with Gasteiger partial charge in [-0.05, 0) is 36.4 Å². The Kier molecular flexibility index (Phi) is 6.51. The van der Waals surface area contributed by atoms with Crippen LogP contribution < -0.4 is 19.8 Å². The van der Waals surface area contributed by atoms with Gasteiger partial charge in [-0.1, -0.05) is 11.6 Å². The van der Waals surface area contributed by atoms with Gasteiger partial charge in [0.1, 0.15) is 22.9 Å². The van der Waals surface area contributed by atoms with Crippen LogP contribution in [0.25, 0.3) is 27.7 Å². The lowest BCUT2D eigenvalue weighted by atomic mass is 10.1. The van der Waals surface area contributed by atoms with Crippen molar-refractivity contribution in [2.45, 2.75) is 4.90 Å². The Balaban J connectivity index is 1.63. The first-order valence-electron chi connectivity index (χ1n) is 10.9. The molecule has 10 nitrogen and oxygen atoms in total. The van der Waals surface area contributed by atoms with Crippen LogP contribution in [0.1, 0.15) is 0 Å². The summed E-state index contributed by atoms with van der Waals surface area (Å²) in [5.74, 6) is -0.286. The van der Waals surface area contributed by atoms with Gasteiger partial charge < -0.3 is 13.9 Å². The summed E-state index contributed by atoms with van der Waals surface area (Å²) in [5, 5.41) is 0.596. The number of oxazole rings is 1. The molecule has 0 bridgehead atoms. The first-order valence-corrected chi connectivity index (χ1v) is 12.7. The number of hydrogen-bond donors (Lipinski definition) is 1. The van der Waals surface area contributed by atoms with Gasteiger partial charge in [0.2, 0.25) is 5.88 Å². The molecular weight excluding hydrogens is 539 g/mol. The smallest absolute Gasteiger partial charge is 0.308 e. The van der Waals surface area contributed by atoms with Gasteiger partial charge in [-0.15, -0.1) is 0 Å². The number of anilines is 1. The highest BCUT2D eigenvalue weighted by Crippen LogP contribution is 2.35. The molecule has 0 saturated heterocycles. The van der Waals surface area contributed by atoms with Crippen molar-refractivity contribution < 1.29 is 26.7 Å². The van der Waals surface area contributed by atoms with Crippen molar-refractivity contribution in [1.82, 2.24) is 14.5 Å². The maximum Gasteiger partial charge on any atom is 0.308 e. The highest BCUT2D eigenvalue weighted by atomic mass is 35.5. The third kappa shape index (κ3) is 4.55. The third-order valence-electron chi connectivity index (χ3n) is 5.65. The first kappa shape index (κ1) is 25.2. The molecule has 0 aliphatic carbocycles. The van der Waals surface area contributed by atoms with Crippen molar-refractivity contribution in [3.63, 3.8) is 0 Å². The third-order valence-corrected chi connectivity index (χ3v) is 7.24. The molecule has 0 radical (unpaired) electrons. The van der Waals surface area contributed by atoms with Crippen molar-refractivity contribution >= 4 is 38.5 Å². The van der Waals surface area contributed by atoms with E-state index in [1.165, 1.54) is 79.9 Å². The van der Waals surface area contributed by atoms with Crippen LogP contribution in [-0.4, -0.2) is 37.2 Å². The molecule has 1 N–H and O–H groups in total. The Hall–Kier alpha value is -4.42. The SMILES string of the molecule is COc1cc(-c2cnc(OC)c(Cl)c2)c(F)cc1-n1c(=O)ccc2cc(S(=O)(=O)Nc3ncco3)ccc21. The van der Waals surface area contributed by atoms with E-state index >= 15 is 4.39 Å². The summed E-state index contributed by atoms with van der Waals surface area (Å²) in [6.07, 6.45) is 3.93. The van der Waals surface area contributed by atoms with Gasteiger partial charge in [0, 0.05) is 34.8 Å². The van der Waals surface area contributed by atoms with E-state index in [0.717, 1.165) is 6.07 Å². The highest BCUT2D eigenvalue weighted by molar-refractivity contribution is 7.92. The van der Waals surface area contributed by atoms with Gasteiger partial charge in [0.25, 0.3) is 15.6 Å². The monoisotopic (exact) mass is 556 g/mol. The van der Waals surface area contributed by atoms with E-state index in [-0.39, 0.29) is 38.8 Å². The predicted molar refractivity (Wildman–Crippen MR) is 138 cm³/mol. The number of nitrogens with one attached hydrogen (secondary N) is 1. The fraction of sp³-hybridized carbons (Fsp3) is 0.0800. The topological polar surface area (TPSA) is 126 Å².